The number of benzene rings is 2. The molecule has 1 fully saturated rings. The predicted molar refractivity (Wildman–Crippen MR) is 124 cm³/mol. The number of aryl methyl sites for hydroxylation is 1. The van der Waals surface area contributed by atoms with E-state index in [0.29, 0.717) is 18.5 Å². The van der Waals surface area contributed by atoms with Gasteiger partial charge in [-0.25, -0.2) is 21.6 Å². The van der Waals surface area contributed by atoms with Crippen LogP contribution >= 0.6 is 0 Å². The molecule has 0 radical (unpaired) electrons. The highest BCUT2D eigenvalue weighted by atomic mass is 32.2. The maximum absolute atomic E-state index is 12.5. The topological polar surface area (TPSA) is 125 Å². The monoisotopic (exact) mass is 475 g/mol. The number of aromatic amines is 1. The number of hydrogen-bond acceptors (Lipinski definition) is 5. The third kappa shape index (κ3) is 5.37. The Morgan fingerprint density at radius 3 is 2.56 bits per heavy atom. The molecule has 1 aliphatic heterocycles. The number of sulfonamides is 1. The molecule has 170 valence electrons. The molecule has 2 heterocycles. The molecule has 0 aliphatic carbocycles. The van der Waals surface area contributed by atoms with Gasteiger partial charge in [-0.05, 0) is 55.2 Å². The first-order chi connectivity index (χ1) is 15.2. The lowest BCUT2D eigenvalue weighted by Crippen LogP contribution is -2.35. The van der Waals surface area contributed by atoms with Gasteiger partial charge < -0.3 is 10.3 Å². The Bertz CT molecular complexity index is 1330. The Kier molecular flexibility index (Phi) is 6.36. The summed E-state index contributed by atoms with van der Waals surface area (Å²) >= 11 is 0. The number of carbonyl (C=O) groups is 1. The van der Waals surface area contributed by atoms with Crippen LogP contribution in [0.2, 0.25) is 0 Å². The third-order valence-corrected chi connectivity index (χ3v) is 8.83. The number of rotatable bonds is 8. The van der Waals surface area contributed by atoms with Crippen molar-refractivity contribution >= 4 is 42.4 Å². The van der Waals surface area contributed by atoms with E-state index in [9.17, 15) is 21.6 Å². The van der Waals surface area contributed by atoms with Gasteiger partial charge in [0.15, 0.2) is 9.84 Å². The van der Waals surface area contributed by atoms with E-state index in [4.69, 9.17) is 0 Å². The van der Waals surface area contributed by atoms with E-state index in [1.807, 2.05) is 24.4 Å². The van der Waals surface area contributed by atoms with Gasteiger partial charge >= 0.3 is 0 Å². The summed E-state index contributed by atoms with van der Waals surface area (Å²) in [6.07, 6.45) is 4.05. The maximum Gasteiger partial charge on any atom is 0.240 e. The lowest BCUT2D eigenvalue weighted by atomic mass is 10.1. The first-order valence-electron chi connectivity index (χ1n) is 10.4. The van der Waals surface area contributed by atoms with E-state index >= 15 is 0 Å². The van der Waals surface area contributed by atoms with Crippen LogP contribution in [0, 0.1) is 0 Å². The minimum Gasteiger partial charge on any atom is -0.361 e. The minimum atomic E-state index is -3.83. The van der Waals surface area contributed by atoms with E-state index in [0.717, 1.165) is 17.3 Å². The Hall–Kier alpha value is -2.69. The van der Waals surface area contributed by atoms with Crippen molar-refractivity contribution in [2.45, 2.75) is 36.6 Å². The number of sulfone groups is 1. The van der Waals surface area contributed by atoms with Crippen LogP contribution in [0.3, 0.4) is 0 Å². The third-order valence-electron chi connectivity index (χ3n) is 5.53. The number of nitrogens with one attached hydrogen (secondary N) is 3. The van der Waals surface area contributed by atoms with Crippen LogP contribution in [0.25, 0.3) is 10.9 Å². The molecule has 3 aromatic rings. The number of para-hydroxylation sites is 1. The maximum atomic E-state index is 12.5. The van der Waals surface area contributed by atoms with E-state index < -0.39 is 25.9 Å². The smallest absolute Gasteiger partial charge is 0.240 e. The molecular weight excluding hydrogens is 450 g/mol. The van der Waals surface area contributed by atoms with Crippen molar-refractivity contribution in [2.24, 2.45) is 0 Å². The van der Waals surface area contributed by atoms with Crippen molar-refractivity contribution in [3.8, 4) is 0 Å². The van der Waals surface area contributed by atoms with Crippen molar-refractivity contribution in [3.05, 3.63) is 60.3 Å². The second-order valence-corrected chi connectivity index (χ2v) is 11.9. The highest BCUT2D eigenvalue weighted by Gasteiger charge is 2.31. The number of hydrogen-bond donors (Lipinski definition) is 3. The van der Waals surface area contributed by atoms with Crippen molar-refractivity contribution in [3.63, 3.8) is 0 Å². The lowest BCUT2D eigenvalue weighted by molar-refractivity contribution is -0.116. The molecular formula is C22H25N3O5S2. The SMILES string of the molecule is O=C(CCCc1c[nH]c2ccccc12)Nc1ccc(S(=O)(=O)N[C@H]2CCS(=O)(=O)C2)cc1. The quantitative estimate of drug-likeness (QED) is 0.462. The first kappa shape index (κ1) is 22.5. The fourth-order valence-electron chi connectivity index (χ4n) is 3.89. The molecule has 8 nitrogen and oxygen atoms in total. The average molecular weight is 476 g/mol. The normalized spacial score (nSPS) is 18.1. The minimum absolute atomic E-state index is 0.00847. The second kappa shape index (κ2) is 9.05. The number of anilines is 1. The summed E-state index contributed by atoms with van der Waals surface area (Å²) in [5.41, 5.74) is 2.75. The zero-order valence-electron chi connectivity index (χ0n) is 17.4. The van der Waals surface area contributed by atoms with Crippen molar-refractivity contribution in [2.75, 3.05) is 16.8 Å². The van der Waals surface area contributed by atoms with Crippen LogP contribution in [-0.4, -0.2) is 45.3 Å². The average Bonchev–Trinajstić information content (AvgIpc) is 3.30. The van der Waals surface area contributed by atoms with Crippen LogP contribution in [0.1, 0.15) is 24.8 Å². The van der Waals surface area contributed by atoms with Gasteiger partial charge in [0, 0.05) is 35.2 Å². The van der Waals surface area contributed by atoms with E-state index in [1.54, 1.807) is 0 Å². The first-order valence-corrected chi connectivity index (χ1v) is 13.7. The Labute approximate surface area is 187 Å². The molecule has 1 amide bonds. The van der Waals surface area contributed by atoms with Gasteiger partial charge in [-0.15, -0.1) is 0 Å². The van der Waals surface area contributed by atoms with Crippen LogP contribution < -0.4 is 10.0 Å². The summed E-state index contributed by atoms with van der Waals surface area (Å²) in [5.74, 6) is -0.334. The molecule has 0 unspecified atom stereocenters. The summed E-state index contributed by atoms with van der Waals surface area (Å²) < 4.78 is 50.5. The van der Waals surface area contributed by atoms with Crippen LogP contribution in [0.15, 0.2) is 59.6 Å². The fraction of sp³-hybridized carbons (Fsp3) is 0.318. The second-order valence-electron chi connectivity index (χ2n) is 8.01. The van der Waals surface area contributed by atoms with Crippen LogP contribution in [0.4, 0.5) is 5.69 Å². The van der Waals surface area contributed by atoms with Crippen LogP contribution in [-0.2, 0) is 31.1 Å². The van der Waals surface area contributed by atoms with Gasteiger partial charge in [0.05, 0.1) is 16.4 Å². The van der Waals surface area contributed by atoms with E-state index in [-0.39, 0.29) is 28.7 Å². The highest BCUT2D eigenvalue weighted by molar-refractivity contribution is 7.92. The summed E-state index contributed by atoms with van der Waals surface area (Å²) in [7, 11) is -7.01. The Balaban J connectivity index is 1.28. The summed E-state index contributed by atoms with van der Waals surface area (Å²) in [4.78, 5) is 15.5. The van der Waals surface area contributed by atoms with Gasteiger partial charge in [-0.2, -0.15) is 0 Å². The summed E-state index contributed by atoms with van der Waals surface area (Å²) in [6.45, 7) is 0. The largest absolute Gasteiger partial charge is 0.361 e. The summed E-state index contributed by atoms with van der Waals surface area (Å²) in [5, 5.41) is 3.94. The molecule has 0 saturated carbocycles. The number of aromatic nitrogens is 1. The van der Waals surface area contributed by atoms with Gasteiger partial charge in [0.1, 0.15) is 0 Å². The molecule has 2 aromatic carbocycles. The summed E-state index contributed by atoms with van der Waals surface area (Å²) in [6, 6.07) is 13.3. The Morgan fingerprint density at radius 1 is 1.09 bits per heavy atom. The van der Waals surface area contributed by atoms with Gasteiger partial charge in [-0.1, -0.05) is 18.2 Å². The number of H-pyrrole nitrogens is 1. The highest BCUT2D eigenvalue weighted by Crippen LogP contribution is 2.20. The van der Waals surface area contributed by atoms with Crippen molar-refractivity contribution in [1.29, 1.82) is 0 Å². The van der Waals surface area contributed by atoms with Gasteiger partial charge in [0.2, 0.25) is 15.9 Å². The molecule has 10 heteroatoms. The number of fused-ring (bicyclic) bond motifs is 1. The lowest BCUT2D eigenvalue weighted by Gasteiger charge is -2.12. The van der Waals surface area contributed by atoms with Gasteiger partial charge in [-0.3, -0.25) is 4.79 Å². The number of carbonyl (C=O) groups excluding carboxylic acids is 1. The molecule has 32 heavy (non-hydrogen) atoms. The zero-order chi connectivity index (χ0) is 22.8. The molecule has 0 spiro atoms. The zero-order valence-corrected chi connectivity index (χ0v) is 19.0. The number of amides is 1. The molecule has 3 N–H and O–H groups in total. The molecule has 0 bridgehead atoms. The van der Waals surface area contributed by atoms with Crippen molar-refractivity contribution < 1.29 is 21.6 Å². The molecule has 1 saturated heterocycles. The molecule has 1 aromatic heterocycles. The van der Waals surface area contributed by atoms with Crippen LogP contribution in [0.5, 0.6) is 0 Å². The van der Waals surface area contributed by atoms with E-state index in [2.05, 4.69) is 21.1 Å². The predicted octanol–water partition coefficient (Wildman–Crippen LogP) is 2.59. The molecule has 1 atom stereocenters. The van der Waals surface area contributed by atoms with Gasteiger partial charge in [0.25, 0.3) is 0 Å². The molecule has 1 aliphatic rings. The molecule has 4 rings (SSSR count). The standard InChI is InChI=1S/C22H25N3O5S2/c26-22(7-3-4-16-14-23-21-6-2-1-5-20(16)21)24-17-8-10-19(11-9-17)32(29,30)25-18-12-13-31(27,28)15-18/h1-2,5-6,8-11,14,18,23,25H,3-4,7,12-13,15H2,(H,24,26)/t18-/m0/s1. The van der Waals surface area contributed by atoms with Crippen molar-refractivity contribution in [1.82, 2.24) is 9.71 Å². The fourth-order valence-corrected chi connectivity index (χ4v) is 6.94. The Morgan fingerprint density at radius 2 is 1.84 bits per heavy atom. The van der Waals surface area contributed by atoms with E-state index in [1.165, 1.54) is 29.8 Å².